The Morgan fingerprint density at radius 1 is 0.893 bits per heavy atom. The molecule has 1 rings (SSSR count). The molecular formula is C19H31IO7Si. The maximum atomic E-state index is 6.22. The minimum Gasteiger partial charge on any atom is -0.359 e. The van der Waals surface area contributed by atoms with Crippen molar-refractivity contribution in [3.8, 4) is 21.3 Å². The highest BCUT2D eigenvalue weighted by Gasteiger charge is 2.46. The standard InChI is InChI=1S/C19H31IO7Si/c1-21-12-24-11-17-15(8-10-28(4,5)6)18(25-13-22-2)19(26-14-23-3)16(27-17)7-9-20/h15-19H,11-14H2,1-6H3/t15-,16+,17-,18+,19+/m1/s1. The molecule has 0 saturated carbocycles. The summed E-state index contributed by atoms with van der Waals surface area (Å²) >= 11 is 1.98. The van der Waals surface area contributed by atoms with Crippen LogP contribution >= 0.6 is 22.6 Å². The van der Waals surface area contributed by atoms with Gasteiger partial charge in [-0.05, 0) is 3.93 Å². The van der Waals surface area contributed by atoms with Crippen molar-refractivity contribution in [2.24, 2.45) is 5.92 Å². The molecule has 0 N–H and O–H groups in total. The van der Waals surface area contributed by atoms with Crippen LogP contribution in [-0.4, -0.2) is 80.8 Å². The van der Waals surface area contributed by atoms with E-state index in [9.17, 15) is 0 Å². The van der Waals surface area contributed by atoms with Crippen LogP contribution in [-0.2, 0) is 33.2 Å². The Morgan fingerprint density at radius 3 is 2.04 bits per heavy atom. The van der Waals surface area contributed by atoms with Crippen molar-refractivity contribution in [3.63, 3.8) is 0 Å². The summed E-state index contributed by atoms with van der Waals surface area (Å²) in [6.45, 7) is 7.25. The minimum atomic E-state index is -1.61. The summed E-state index contributed by atoms with van der Waals surface area (Å²) in [4.78, 5) is 0. The van der Waals surface area contributed by atoms with Crippen LogP contribution in [0.1, 0.15) is 0 Å². The van der Waals surface area contributed by atoms with E-state index >= 15 is 0 Å². The summed E-state index contributed by atoms with van der Waals surface area (Å²) in [6, 6.07) is 0. The van der Waals surface area contributed by atoms with Crippen molar-refractivity contribution in [3.05, 3.63) is 0 Å². The number of hydrogen-bond acceptors (Lipinski definition) is 7. The molecule has 160 valence electrons. The van der Waals surface area contributed by atoms with Gasteiger partial charge in [0.05, 0.1) is 18.6 Å². The molecule has 0 aliphatic carbocycles. The van der Waals surface area contributed by atoms with Crippen molar-refractivity contribution in [1.29, 1.82) is 0 Å². The van der Waals surface area contributed by atoms with Gasteiger partial charge < -0.3 is 33.2 Å². The van der Waals surface area contributed by atoms with Crippen LogP contribution < -0.4 is 0 Å². The second-order valence-corrected chi connectivity index (χ2v) is 12.5. The Balaban J connectivity index is 3.24. The van der Waals surface area contributed by atoms with Crippen LogP contribution in [0.15, 0.2) is 0 Å². The Kier molecular flexibility index (Phi) is 12.8. The van der Waals surface area contributed by atoms with Gasteiger partial charge in [0, 0.05) is 43.9 Å². The van der Waals surface area contributed by atoms with Gasteiger partial charge in [-0.1, -0.05) is 25.6 Å². The van der Waals surface area contributed by atoms with E-state index in [1.165, 1.54) is 0 Å². The molecule has 0 aromatic rings. The van der Waals surface area contributed by atoms with Gasteiger partial charge in [0.1, 0.15) is 46.8 Å². The van der Waals surface area contributed by atoms with Crippen LogP contribution in [0.4, 0.5) is 0 Å². The van der Waals surface area contributed by atoms with Crippen molar-refractivity contribution in [1.82, 2.24) is 0 Å². The van der Waals surface area contributed by atoms with Crippen LogP contribution in [0, 0.1) is 27.2 Å². The van der Waals surface area contributed by atoms with Gasteiger partial charge in [0.15, 0.2) is 0 Å². The Bertz CT molecular complexity index is 561. The second kappa shape index (κ2) is 13.9. The maximum Gasteiger partial charge on any atom is 0.148 e. The zero-order chi connectivity index (χ0) is 21.0. The molecular weight excluding hydrogens is 495 g/mol. The van der Waals surface area contributed by atoms with E-state index in [-0.39, 0.29) is 32.4 Å². The third kappa shape index (κ3) is 9.07. The van der Waals surface area contributed by atoms with Gasteiger partial charge in [-0.3, -0.25) is 0 Å². The Labute approximate surface area is 183 Å². The first-order chi connectivity index (χ1) is 13.4. The average Bonchev–Trinajstić information content (AvgIpc) is 2.64. The van der Waals surface area contributed by atoms with Crippen molar-refractivity contribution < 1.29 is 33.2 Å². The normalized spacial score (nSPS) is 27.5. The third-order valence-electron chi connectivity index (χ3n) is 3.75. The van der Waals surface area contributed by atoms with E-state index in [1.807, 2.05) is 22.6 Å². The lowest BCUT2D eigenvalue weighted by molar-refractivity contribution is -0.246. The molecule has 7 nitrogen and oxygen atoms in total. The molecule has 1 saturated heterocycles. The molecule has 0 amide bonds. The molecule has 0 radical (unpaired) electrons. The van der Waals surface area contributed by atoms with Gasteiger partial charge in [-0.15, -0.1) is 11.5 Å². The molecule has 1 fully saturated rings. The SMILES string of the molecule is COCOC[C@H]1O[C@@H](C#CI)[C@H](OCOC)[C@@H](OCOC)[C@@H]1C#C[Si](C)(C)C. The first-order valence-electron chi connectivity index (χ1n) is 8.95. The zero-order valence-electron chi connectivity index (χ0n) is 17.5. The van der Waals surface area contributed by atoms with Gasteiger partial charge in [0.2, 0.25) is 0 Å². The summed E-state index contributed by atoms with van der Waals surface area (Å²) in [7, 11) is 3.11. The number of rotatable bonds is 10. The first-order valence-corrected chi connectivity index (χ1v) is 13.5. The van der Waals surface area contributed by atoms with E-state index < -0.39 is 26.4 Å². The molecule has 5 atom stereocenters. The predicted molar refractivity (Wildman–Crippen MR) is 116 cm³/mol. The lowest BCUT2D eigenvalue weighted by Gasteiger charge is -2.43. The molecule has 0 aromatic carbocycles. The Hall–Kier alpha value is -0.213. The molecule has 0 aromatic heterocycles. The van der Waals surface area contributed by atoms with E-state index in [0.29, 0.717) is 6.61 Å². The zero-order valence-corrected chi connectivity index (χ0v) is 20.6. The molecule has 28 heavy (non-hydrogen) atoms. The van der Waals surface area contributed by atoms with Gasteiger partial charge >= 0.3 is 0 Å². The lowest BCUT2D eigenvalue weighted by Crippen LogP contribution is -2.57. The second-order valence-electron chi connectivity index (χ2n) is 7.23. The Morgan fingerprint density at radius 2 is 1.50 bits per heavy atom. The van der Waals surface area contributed by atoms with Gasteiger partial charge in [-0.2, -0.15) is 0 Å². The summed E-state index contributed by atoms with van der Waals surface area (Å²) in [5.74, 6) is 6.16. The molecule has 0 unspecified atom stereocenters. The number of ether oxygens (including phenoxy) is 7. The summed E-state index contributed by atoms with van der Waals surface area (Å²) in [5, 5.41) is 0. The fourth-order valence-electron chi connectivity index (χ4n) is 2.65. The van der Waals surface area contributed by atoms with Gasteiger partial charge in [0.25, 0.3) is 0 Å². The molecule has 1 aliphatic heterocycles. The minimum absolute atomic E-state index is 0.0965. The maximum absolute atomic E-state index is 6.22. The molecule has 0 spiro atoms. The van der Waals surface area contributed by atoms with Crippen LogP contribution in [0.2, 0.25) is 19.6 Å². The molecule has 9 heteroatoms. The predicted octanol–water partition coefficient (Wildman–Crippen LogP) is 2.25. The molecule has 1 heterocycles. The summed E-state index contributed by atoms with van der Waals surface area (Å²) in [5.41, 5.74) is 3.42. The van der Waals surface area contributed by atoms with E-state index in [4.69, 9.17) is 33.2 Å². The summed E-state index contributed by atoms with van der Waals surface area (Å²) in [6.07, 6.45) is -1.73. The van der Waals surface area contributed by atoms with Crippen molar-refractivity contribution >= 4 is 30.7 Å². The van der Waals surface area contributed by atoms with Crippen LogP contribution in [0.3, 0.4) is 0 Å². The highest BCUT2D eigenvalue weighted by Crippen LogP contribution is 2.31. The van der Waals surface area contributed by atoms with E-state index in [1.54, 1.807) is 21.3 Å². The molecule has 1 aliphatic rings. The quantitative estimate of drug-likeness (QED) is 0.142. The highest BCUT2D eigenvalue weighted by molar-refractivity contribution is 14.1. The molecule has 0 bridgehead atoms. The fraction of sp³-hybridized carbons (Fsp3) is 0.789. The third-order valence-corrected chi connectivity index (χ3v) is 4.95. The largest absolute Gasteiger partial charge is 0.359 e. The highest BCUT2D eigenvalue weighted by atomic mass is 127. The first kappa shape index (κ1) is 25.8. The van der Waals surface area contributed by atoms with E-state index in [0.717, 1.165) is 0 Å². The number of methoxy groups -OCH3 is 3. The number of halogens is 1. The fourth-order valence-corrected chi connectivity index (χ4v) is 3.55. The van der Waals surface area contributed by atoms with Gasteiger partial charge in [-0.25, -0.2) is 0 Å². The monoisotopic (exact) mass is 526 g/mol. The van der Waals surface area contributed by atoms with Crippen molar-refractivity contribution in [2.75, 3.05) is 48.3 Å². The lowest BCUT2D eigenvalue weighted by atomic mass is 9.87. The average molecular weight is 526 g/mol. The smallest absolute Gasteiger partial charge is 0.148 e. The van der Waals surface area contributed by atoms with Crippen LogP contribution in [0.25, 0.3) is 0 Å². The number of hydrogen-bond donors (Lipinski definition) is 0. The topological polar surface area (TPSA) is 64.6 Å². The van der Waals surface area contributed by atoms with Crippen molar-refractivity contribution in [2.45, 2.75) is 44.1 Å². The van der Waals surface area contributed by atoms with Crippen LogP contribution in [0.5, 0.6) is 0 Å². The summed E-state index contributed by atoms with van der Waals surface area (Å²) < 4.78 is 41.8. The van der Waals surface area contributed by atoms with E-state index in [2.05, 4.69) is 41.0 Å².